The minimum atomic E-state index is 0.531. The maximum Gasteiger partial charge on any atom is 0.00726 e. The SMILES string of the molecule is CC1(C)CCCNC(CCCN)C1. The molecule has 0 saturated carbocycles. The van der Waals surface area contributed by atoms with Gasteiger partial charge in [0.05, 0.1) is 0 Å². The van der Waals surface area contributed by atoms with Crippen LogP contribution in [0.15, 0.2) is 0 Å². The number of hydrogen-bond acceptors (Lipinski definition) is 2. The van der Waals surface area contributed by atoms with E-state index >= 15 is 0 Å². The van der Waals surface area contributed by atoms with Crippen molar-refractivity contribution in [2.24, 2.45) is 11.1 Å². The Morgan fingerprint density at radius 3 is 2.92 bits per heavy atom. The topological polar surface area (TPSA) is 38.0 Å². The molecule has 78 valence electrons. The predicted octanol–water partition coefficient (Wildman–Crippen LogP) is 1.89. The van der Waals surface area contributed by atoms with E-state index in [2.05, 4.69) is 19.2 Å². The number of rotatable bonds is 3. The summed E-state index contributed by atoms with van der Waals surface area (Å²) in [4.78, 5) is 0. The lowest BCUT2D eigenvalue weighted by Gasteiger charge is -2.26. The molecule has 1 fully saturated rings. The third kappa shape index (κ3) is 4.10. The van der Waals surface area contributed by atoms with Crippen LogP contribution in [0.5, 0.6) is 0 Å². The van der Waals surface area contributed by atoms with Crippen molar-refractivity contribution >= 4 is 0 Å². The van der Waals surface area contributed by atoms with Crippen LogP contribution in [0.3, 0.4) is 0 Å². The molecule has 0 aromatic rings. The van der Waals surface area contributed by atoms with E-state index < -0.39 is 0 Å². The zero-order valence-corrected chi connectivity index (χ0v) is 9.10. The van der Waals surface area contributed by atoms with Gasteiger partial charge in [-0.3, -0.25) is 0 Å². The quantitative estimate of drug-likeness (QED) is 0.703. The van der Waals surface area contributed by atoms with E-state index in [1.54, 1.807) is 0 Å². The molecule has 0 aromatic heterocycles. The first-order chi connectivity index (χ1) is 6.14. The second-order valence-electron chi connectivity index (χ2n) is 5.05. The van der Waals surface area contributed by atoms with Gasteiger partial charge in [0.25, 0.3) is 0 Å². The van der Waals surface area contributed by atoms with E-state index in [0.29, 0.717) is 11.5 Å². The summed E-state index contributed by atoms with van der Waals surface area (Å²) in [6.07, 6.45) is 6.41. The van der Waals surface area contributed by atoms with Crippen molar-refractivity contribution in [2.45, 2.75) is 52.0 Å². The largest absolute Gasteiger partial charge is 0.330 e. The molecule has 1 unspecified atom stereocenters. The standard InChI is InChI=1S/C11H24N2/c1-11(2)6-4-8-13-10(9-11)5-3-7-12/h10,13H,3-9,12H2,1-2H3. The normalized spacial score (nSPS) is 28.4. The summed E-state index contributed by atoms with van der Waals surface area (Å²) in [7, 11) is 0. The molecule has 1 heterocycles. The molecule has 1 rings (SSSR count). The van der Waals surface area contributed by atoms with Gasteiger partial charge in [0.15, 0.2) is 0 Å². The summed E-state index contributed by atoms with van der Waals surface area (Å²) in [5.41, 5.74) is 6.06. The third-order valence-electron chi connectivity index (χ3n) is 3.02. The Bertz CT molecular complexity index is 143. The Morgan fingerprint density at radius 1 is 1.46 bits per heavy atom. The minimum absolute atomic E-state index is 0.531. The highest BCUT2D eigenvalue weighted by Crippen LogP contribution is 2.31. The van der Waals surface area contributed by atoms with Gasteiger partial charge in [-0.2, -0.15) is 0 Å². The number of nitrogens with two attached hydrogens (primary N) is 1. The maximum atomic E-state index is 5.52. The fourth-order valence-corrected chi connectivity index (χ4v) is 2.28. The lowest BCUT2D eigenvalue weighted by atomic mass is 9.82. The van der Waals surface area contributed by atoms with E-state index in [1.807, 2.05) is 0 Å². The monoisotopic (exact) mass is 184 g/mol. The van der Waals surface area contributed by atoms with Gasteiger partial charge >= 0.3 is 0 Å². The average molecular weight is 184 g/mol. The summed E-state index contributed by atoms with van der Waals surface area (Å²) in [5, 5.41) is 3.62. The van der Waals surface area contributed by atoms with Gasteiger partial charge in [-0.05, 0) is 50.6 Å². The molecule has 0 aromatic carbocycles. The van der Waals surface area contributed by atoms with Crippen molar-refractivity contribution in [3.63, 3.8) is 0 Å². The van der Waals surface area contributed by atoms with E-state index in [1.165, 1.54) is 32.2 Å². The van der Waals surface area contributed by atoms with Crippen molar-refractivity contribution in [3.05, 3.63) is 0 Å². The molecule has 1 atom stereocenters. The van der Waals surface area contributed by atoms with Crippen molar-refractivity contribution in [1.29, 1.82) is 0 Å². The third-order valence-corrected chi connectivity index (χ3v) is 3.02. The van der Waals surface area contributed by atoms with E-state index in [-0.39, 0.29) is 0 Å². The highest BCUT2D eigenvalue weighted by molar-refractivity contribution is 4.81. The molecule has 0 spiro atoms. The molecule has 1 saturated heterocycles. The molecule has 13 heavy (non-hydrogen) atoms. The van der Waals surface area contributed by atoms with E-state index in [0.717, 1.165) is 13.0 Å². The lowest BCUT2D eigenvalue weighted by molar-refractivity contribution is 0.283. The number of hydrogen-bond donors (Lipinski definition) is 2. The molecule has 1 aliphatic heterocycles. The first-order valence-electron chi connectivity index (χ1n) is 5.57. The second kappa shape index (κ2) is 4.97. The van der Waals surface area contributed by atoms with Crippen LogP contribution in [0.4, 0.5) is 0 Å². The molecular formula is C11H24N2. The van der Waals surface area contributed by atoms with E-state index in [4.69, 9.17) is 5.73 Å². The first kappa shape index (κ1) is 11.0. The maximum absolute atomic E-state index is 5.52. The summed E-state index contributed by atoms with van der Waals surface area (Å²) in [5.74, 6) is 0. The minimum Gasteiger partial charge on any atom is -0.330 e. The van der Waals surface area contributed by atoms with E-state index in [9.17, 15) is 0 Å². The van der Waals surface area contributed by atoms with Crippen LogP contribution < -0.4 is 11.1 Å². The number of nitrogens with one attached hydrogen (secondary N) is 1. The molecule has 2 heteroatoms. The zero-order chi connectivity index (χ0) is 9.73. The Balaban J connectivity index is 2.36. The molecule has 2 nitrogen and oxygen atoms in total. The van der Waals surface area contributed by atoms with Crippen LogP contribution in [0.25, 0.3) is 0 Å². The van der Waals surface area contributed by atoms with Crippen LogP contribution in [-0.2, 0) is 0 Å². The molecular weight excluding hydrogens is 160 g/mol. The van der Waals surface area contributed by atoms with Crippen molar-refractivity contribution < 1.29 is 0 Å². The Kier molecular flexibility index (Phi) is 4.20. The summed E-state index contributed by atoms with van der Waals surface area (Å²) >= 11 is 0. The Morgan fingerprint density at radius 2 is 2.23 bits per heavy atom. The van der Waals surface area contributed by atoms with Crippen LogP contribution >= 0.6 is 0 Å². The Labute approximate surface area is 82.3 Å². The first-order valence-corrected chi connectivity index (χ1v) is 5.57. The van der Waals surface area contributed by atoms with Gasteiger partial charge in [0, 0.05) is 6.04 Å². The van der Waals surface area contributed by atoms with Crippen molar-refractivity contribution in [1.82, 2.24) is 5.32 Å². The van der Waals surface area contributed by atoms with Gasteiger partial charge in [0.2, 0.25) is 0 Å². The van der Waals surface area contributed by atoms with Gasteiger partial charge in [-0.1, -0.05) is 13.8 Å². The van der Waals surface area contributed by atoms with Gasteiger partial charge < -0.3 is 11.1 Å². The Hall–Kier alpha value is -0.0800. The van der Waals surface area contributed by atoms with Crippen molar-refractivity contribution in [2.75, 3.05) is 13.1 Å². The van der Waals surface area contributed by atoms with Crippen LogP contribution in [0, 0.1) is 5.41 Å². The average Bonchev–Trinajstić information content (AvgIpc) is 2.22. The summed E-state index contributed by atoms with van der Waals surface area (Å²) < 4.78 is 0. The predicted molar refractivity (Wildman–Crippen MR) is 57.7 cm³/mol. The summed E-state index contributed by atoms with van der Waals surface area (Å²) in [6, 6.07) is 0.709. The fraction of sp³-hybridized carbons (Fsp3) is 1.00. The molecule has 0 aliphatic carbocycles. The molecule has 0 radical (unpaired) electrons. The van der Waals surface area contributed by atoms with Gasteiger partial charge in [-0.25, -0.2) is 0 Å². The molecule has 0 amide bonds. The molecule has 0 bridgehead atoms. The van der Waals surface area contributed by atoms with Crippen LogP contribution in [-0.4, -0.2) is 19.1 Å². The highest BCUT2D eigenvalue weighted by atomic mass is 14.9. The van der Waals surface area contributed by atoms with Gasteiger partial charge in [-0.15, -0.1) is 0 Å². The fourth-order valence-electron chi connectivity index (χ4n) is 2.28. The van der Waals surface area contributed by atoms with Crippen LogP contribution in [0.2, 0.25) is 0 Å². The highest BCUT2D eigenvalue weighted by Gasteiger charge is 2.25. The van der Waals surface area contributed by atoms with Gasteiger partial charge in [0.1, 0.15) is 0 Å². The zero-order valence-electron chi connectivity index (χ0n) is 9.10. The van der Waals surface area contributed by atoms with Crippen LogP contribution in [0.1, 0.15) is 46.0 Å². The smallest absolute Gasteiger partial charge is 0.00726 e. The molecule has 3 N–H and O–H groups in total. The van der Waals surface area contributed by atoms with Crippen molar-refractivity contribution in [3.8, 4) is 0 Å². The molecule has 1 aliphatic rings. The second-order valence-corrected chi connectivity index (χ2v) is 5.05. The summed E-state index contributed by atoms with van der Waals surface area (Å²) in [6.45, 7) is 6.79. The lowest BCUT2D eigenvalue weighted by Crippen LogP contribution is -2.31.